The van der Waals surface area contributed by atoms with E-state index in [9.17, 15) is 8.42 Å². The monoisotopic (exact) mass is 329 g/mol. The van der Waals surface area contributed by atoms with Crippen molar-refractivity contribution in [3.8, 4) is 11.8 Å². The molecule has 0 atom stereocenters. The maximum Gasteiger partial charge on any atom is 0.261 e. The van der Waals surface area contributed by atoms with Crippen LogP contribution in [0, 0.1) is 16.7 Å². The molecule has 0 saturated heterocycles. The van der Waals surface area contributed by atoms with Crippen molar-refractivity contribution in [1.29, 1.82) is 5.26 Å². The van der Waals surface area contributed by atoms with Crippen LogP contribution in [0.5, 0.6) is 5.75 Å². The lowest BCUT2D eigenvalue weighted by atomic mass is 9.92. The van der Waals surface area contributed by atoms with Crippen LogP contribution in [0.15, 0.2) is 23.1 Å². The Kier molecular flexibility index (Phi) is 5.66. The van der Waals surface area contributed by atoms with Crippen LogP contribution in [0.1, 0.15) is 45.6 Å². The predicted octanol–water partition coefficient (Wildman–Crippen LogP) is 4.06. The zero-order valence-electron chi connectivity index (χ0n) is 12.7. The summed E-state index contributed by atoms with van der Waals surface area (Å²) in [6.45, 7) is 8.00. The smallest absolute Gasteiger partial charge is 0.261 e. The van der Waals surface area contributed by atoms with Crippen LogP contribution in [0.4, 0.5) is 0 Å². The van der Waals surface area contributed by atoms with Gasteiger partial charge in [-0.2, -0.15) is 5.26 Å². The van der Waals surface area contributed by atoms with Crippen LogP contribution in [-0.4, -0.2) is 15.0 Å². The Morgan fingerprint density at radius 1 is 1.38 bits per heavy atom. The molecule has 0 aliphatic carbocycles. The standard InChI is InChI=1S/C15H20ClNO3S/c1-11(2)13-9-12(21(16,18)19)5-6-14(13)20-8-7-15(3,4)10-17/h5-6,9,11H,7-8H2,1-4H3. The molecule has 0 saturated carbocycles. The normalized spacial score (nSPS) is 12.2. The van der Waals surface area contributed by atoms with Gasteiger partial charge in [0.05, 0.1) is 23.0 Å². The molecule has 1 rings (SSSR count). The van der Waals surface area contributed by atoms with Crippen LogP contribution in [0.25, 0.3) is 0 Å². The largest absolute Gasteiger partial charge is 0.493 e. The van der Waals surface area contributed by atoms with E-state index in [-0.39, 0.29) is 10.8 Å². The number of rotatable bonds is 6. The second-order valence-electron chi connectivity index (χ2n) is 5.89. The van der Waals surface area contributed by atoms with Gasteiger partial charge in [-0.15, -0.1) is 0 Å². The second-order valence-corrected chi connectivity index (χ2v) is 8.45. The van der Waals surface area contributed by atoms with Gasteiger partial charge < -0.3 is 4.74 Å². The fourth-order valence-corrected chi connectivity index (χ4v) is 2.52. The van der Waals surface area contributed by atoms with E-state index in [1.807, 2.05) is 27.7 Å². The van der Waals surface area contributed by atoms with E-state index < -0.39 is 14.5 Å². The highest BCUT2D eigenvalue weighted by Gasteiger charge is 2.18. The lowest BCUT2D eigenvalue weighted by Crippen LogP contribution is -2.13. The van der Waals surface area contributed by atoms with E-state index in [2.05, 4.69) is 6.07 Å². The van der Waals surface area contributed by atoms with E-state index in [4.69, 9.17) is 20.7 Å². The number of benzene rings is 1. The summed E-state index contributed by atoms with van der Waals surface area (Å²) in [5, 5.41) is 8.97. The minimum Gasteiger partial charge on any atom is -0.493 e. The molecule has 0 N–H and O–H groups in total. The molecule has 0 amide bonds. The third kappa shape index (κ3) is 5.22. The maximum absolute atomic E-state index is 11.4. The van der Waals surface area contributed by atoms with Crippen molar-refractivity contribution < 1.29 is 13.2 Å². The van der Waals surface area contributed by atoms with Crippen molar-refractivity contribution >= 4 is 19.7 Å². The fourth-order valence-electron chi connectivity index (χ4n) is 1.73. The van der Waals surface area contributed by atoms with E-state index in [1.165, 1.54) is 12.1 Å². The summed E-state index contributed by atoms with van der Waals surface area (Å²) in [5.41, 5.74) is 0.337. The van der Waals surface area contributed by atoms with E-state index in [1.54, 1.807) is 6.07 Å². The molecule has 6 heteroatoms. The highest BCUT2D eigenvalue weighted by Crippen LogP contribution is 2.31. The van der Waals surface area contributed by atoms with Gasteiger partial charge in [-0.25, -0.2) is 8.42 Å². The van der Waals surface area contributed by atoms with Crippen molar-refractivity contribution in [3.05, 3.63) is 23.8 Å². The summed E-state index contributed by atoms with van der Waals surface area (Å²) in [6, 6.07) is 6.80. The molecule has 0 fully saturated rings. The molecule has 0 aliphatic rings. The predicted molar refractivity (Wildman–Crippen MR) is 83.1 cm³/mol. The molecule has 0 aromatic heterocycles. The van der Waals surface area contributed by atoms with Crippen LogP contribution >= 0.6 is 10.7 Å². The number of nitriles is 1. The summed E-state index contributed by atoms with van der Waals surface area (Å²) >= 11 is 0. The molecule has 4 nitrogen and oxygen atoms in total. The van der Waals surface area contributed by atoms with Gasteiger partial charge in [-0.3, -0.25) is 0 Å². The number of hydrogen-bond acceptors (Lipinski definition) is 4. The third-order valence-electron chi connectivity index (χ3n) is 3.17. The van der Waals surface area contributed by atoms with Gasteiger partial charge in [0, 0.05) is 10.7 Å². The molecular weight excluding hydrogens is 310 g/mol. The summed E-state index contributed by atoms with van der Waals surface area (Å²) in [4.78, 5) is 0.0672. The SMILES string of the molecule is CC(C)c1cc(S(=O)(=O)Cl)ccc1OCCC(C)(C)C#N. The quantitative estimate of drug-likeness (QED) is 0.738. The van der Waals surface area contributed by atoms with Crippen molar-refractivity contribution in [2.24, 2.45) is 5.41 Å². The molecule has 0 heterocycles. The van der Waals surface area contributed by atoms with Gasteiger partial charge in [-0.05, 0) is 49.9 Å². The number of halogens is 1. The first-order valence-corrected chi connectivity index (χ1v) is 9.00. The fraction of sp³-hybridized carbons (Fsp3) is 0.533. The third-order valence-corrected chi connectivity index (χ3v) is 4.52. The Morgan fingerprint density at radius 3 is 2.48 bits per heavy atom. The highest BCUT2D eigenvalue weighted by molar-refractivity contribution is 8.13. The van der Waals surface area contributed by atoms with Crippen molar-refractivity contribution in [3.63, 3.8) is 0 Å². The van der Waals surface area contributed by atoms with Gasteiger partial charge in [-0.1, -0.05) is 13.8 Å². The zero-order valence-corrected chi connectivity index (χ0v) is 14.3. The molecule has 21 heavy (non-hydrogen) atoms. The minimum atomic E-state index is -3.75. The Morgan fingerprint density at radius 2 is 2.00 bits per heavy atom. The first-order valence-electron chi connectivity index (χ1n) is 6.69. The van der Waals surface area contributed by atoms with Gasteiger partial charge in [0.2, 0.25) is 0 Å². The minimum absolute atomic E-state index is 0.0672. The van der Waals surface area contributed by atoms with Crippen LogP contribution in [0.2, 0.25) is 0 Å². The Labute approximate surface area is 131 Å². The zero-order chi connectivity index (χ0) is 16.3. The molecule has 1 aromatic rings. The second kappa shape index (κ2) is 6.67. The Hall–Kier alpha value is -1.25. The van der Waals surface area contributed by atoms with E-state index in [0.717, 1.165) is 5.56 Å². The number of hydrogen-bond donors (Lipinski definition) is 0. The molecule has 0 bridgehead atoms. The average molecular weight is 330 g/mol. The average Bonchev–Trinajstić information content (AvgIpc) is 2.37. The summed E-state index contributed by atoms with van der Waals surface area (Å²) in [5.74, 6) is 0.727. The van der Waals surface area contributed by atoms with Gasteiger partial charge in [0.1, 0.15) is 5.75 Å². The summed E-state index contributed by atoms with van der Waals surface area (Å²) in [7, 11) is 1.62. The first kappa shape index (κ1) is 17.8. The topological polar surface area (TPSA) is 67.2 Å². The lowest BCUT2D eigenvalue weighted by molar-refractivity contribution is 0.261. The van der Waals surface area contributed by atoms with Crippen LogP contribution in [-0.2, 0) is 9.05 Å². The van der Waals surface area contributed by atoms with Crippen molar-refractivity contribution in [1.82, 2.24) is 0 Å². The van der Waals surface area contributed by atoms with E-state index in [0.29, 0.717) is 18.8 Å². The van der Waals surface area contributed by atoms with E-state index >= 15 is 0 Å². The van der Waals surface area contributed by atoms with Crippen LogP contribution in [0.3, 0.4) is 0 Å². The van der Waals surface area contributed by atoms with Crippen molar-refractivity contribution in [2.75, 3.05) is 6.61 Å². The molecule has 0 unspecified atom stereocenters. The highest BCUT2D eigenvalue weighted by atomic mass is 35.7. The number of nitrogens with zero attached hydrogens (tertiary/aromatic N) is 1. The first-order chi connectivity index (χ1) is 9.57. The molecule has 0 radical (unpaired) electrons. The molecular formula is C15H20ClNO3S. The molecule has 1 aromatic carbocycles. The lowest BCUT2D eigenvalue weighted by Gasteiger charge is -2.18. The van der Waals surface area contributed by atoms with Gasteiger partial charge in [0.15, 0.2) is 0 Å². The van der Waals surface area contributed by atoms with Crippen molar-refractivity contribution in [2.45, 2.75) is 44.9 Å². The Balaban J connectivity index is 2.96. The van der Waals surface area contributed by atoms with Gasteiger partial charge in [0.25, 0.3) is 9.05 Å². The van der Waals surface area contributed by atoms with Crippen LogP contribution < -0.4 is 4.74 Å². The Bertz CT molecular complexity index is 645. The van der Waals surface area contributed by atoms with Gasteiger partial charge >= 0.3 is 0 Å². The molecule has 0 spiro atoms. The molecule has 116 valence electrons. The summed E-state index contributed by atoms with van der Waals surface area (Å²) in [6.07, 6.45) is 0.594. The number of ether oxygens (including phenoxy) is 1. The maximum atomic E-state index is 11.4. The molecule has 0 aliphatic heterocycles. The summed E-state index contributed by atoms with van der Waals surface area (Å²) < 4.78 is 28.5.